The van der Waals surface area contributed by atoms with Crippen LogP contribution in [0.25, 0.3) is 0 Å². The van der Waals surface area contributed by atoms with E-state index in [1.807, 2.05) is 38.1 Å². The minimum atomic E-state index is -0.196. The van der Waals surface area contributed by atoms with Gasteiger partial charge < -0.3 is 20.2 Å². The van der Waals surface area contributed by atoms with Crippen LogP contribution in [0.4, 0.5) is 0 Å². The van der Waals surface area contributed by atoms with E-state index in [0.29, 0.717) is 17.9 Å². The van der Waals surface area contributed by atoms with Crippen LogP contribution in [0.1, 0.15) is 35.5 Å². The van der Waals surface area contributed by atoms with Crippen molar-refractivity contribution in [3.63, 3.8) is 0 Å². The van der Waals surface area contributed by atoms with Crippen LogP contribution in [0.3, 0.4) is 0 Å². The minimum Gasteiger partial charge on any atom is -0.491 e. The minimum absolute atomic E-state index is 0. The Morgan fingerprint density at radius 1 is 1.36 bits per heavy atom. The summed E-state index contributed by atoms with van der Waals surface area (Å²) in [6.07, 6.45) is 1.50. The first-order valence-corrected chi connectivity index (χ1v) is 6.90. The molecule has 0 aliphatic carbocycles. The van der Waals surface area contributed by atoms with Crippen molar-refractivity contribution in [3.8, 4) is 5.75 Å². The van der Waals surface area contributed by atoms with Gasteiger partial charge in [-0.25, -0.2) is 0 Å². The molecule has 1 aromatic heterocycles. The maximum absolute atomic E-state index is 12.0. The number of hydrogen-bond acceptors (Lipinski definition) is 4. The number of halogens is 1. The number of carbonyl (C=O) groups is 1. The van der Waals surface area contributed by atoms with Gasteiger partial charge in [0, 0.05) is 12.1 Å². The van der Waals surface area contributed by atoms with Gasteiger partial charge in [-0.1, -0.05) is 18.2 Å². The Kier molecular flexibility index (Phi) is 6.95. The van der Waals surface area contributed by atoms with Gasteiger partial charge in [-0.3, -0.25) is 4.79 Å². The number of furan rings is 1. The quantitative estimate of drug-likeness (QED) is 0.856. The van der Waals surface area contributed by atoms with Gasteiger partial charge in [-0.2, -0.15) is 0 Å². The van der Waals surface area contributed by atoms with Crippen molar-refractivity contribution in [1.82, 2.24) is 5.32 Å². The van der Waals surface area contributed by atoms with E-state index in [1.54, 1.807) is 6.07 Å². The number of amides is 1. The van der Waals surface area contributed by atoms with Crippen molar-refractivity contribution in [1.29, 1.82) is 0 Å². The van der Waals surface area contributed by atoms with E-state index in [1.165, 1.54) is 6.26 Å². The molecule has 0 aliphatic rings. The highest BCUT2D eigenvalue weighted by Gasteiger charge is 2.11. The summed E-state index contributed by atoms with van der Waals surface area (Å²) in [4.78, 5) is 12.0. The second-order valence-electron chi connectivity index (χ2n) is 4.96. The molecule has 1 amide bonds. The molecule has 6 heteroatoms. The molecule has 0 fully saturated rings. The molecule has 0 unspecified atom stereocenters. The summed E-state index contributed by atoms with van der Waals surface area (Å²) in [5.74, 6) is 1.17. The number of benzene rings is 1. The second kappa shape index (κ2) is 8.46. The molecule has 2 aromatic rings. The zero-order valence-electron chi connectivity index (χ0n) is 12.7. The molecule has 22 heavy (non-hydrogen) atoms. The average molecular weight is 325 g/mol. The van der Waals surface area contributed by atoms with Gasteiger partial charge >= 0.3 is 0 Å². The first-order valence-electron chi connectivity index (χ1n) is 6.90. The van der Waals surface area contributed by atoms with E-state index in [0.717, 1.165) is 11.3 Å². The molecule has 2 rings (SSSR count). The van der Waals surface area contributed by atoms with Crippen LogP contribution in [0.5, 0.6) is 5.75 Å². The highest BCUT2D eigenvalue weighted by atomic mass is 35.5. The van der Waals surface area contributed by atoms with Gasteiger partial charge in [-0.05, 0) is 26.0 Å². The standard InChI is InChI=1S/C16H20N2O3.ClH/c1-11(2)21-15-6-4-3-5-12(15)9-18-16(19)13-7-14(8-17)20-10-13;/h3-7,10-11H,8-9,17H2,1-2H3,(H,18,19);1H. The smallest absolute Gasteiger partial charge is 0.254 e. The molecule has 1 aromatic carbocycles. The van der Waals surface area contributed by atoms with Crippen molar-refractivity contribution in [2.24, 2.45) is 5.73 Å². The number of nitrogens with one attached hydrogen (secondary N) is 1. The fourth-order valence-corrected chi connectivity index (χ4v) is 1.90. The van der Waals surface area contributed by atoms with Gasteiger partial charge in [0.2, 0.25) is 0 Å². The van der Waals surface area contributed by atoms with Gasteiger partial charge in [0.25, 0.3) is 5.91 Å². The van der Waals surface area contributed by atoms with E-state index in [-0.39, 0.29) is 31.0 Å². The van der Waals surface area contributed by atoms with Crippen LogP contribution >= 0.6 is 12.4 Å². The van der Waals surface area contributed by atoms with Crippen LogP contribution in [0.2, 0.25) is 0 Å². The third kappa shape index (κ3) is 4.79. The lowest BCUT2D eigenvalue weighted by Gasteiger charge is -2.14. The monoisotopic (exact) mass is 324 g/mol. The van der Waals surface area contributed by atoms with Crippen molar-refractivity contribution in [3.05, 3.63) is 53.5 Å². The number of para-hydroxylation sites is 1. The van der Waals surface area contributed by atoms with E-state index in [4.69, 9.17) is 14.9 Å². The van der Waals surface area contributed by atoms with Crippen molar-refractivity contribution in [2.75, 3.05) is 0 Å². The number of carbonyl (C=O) groups excluding carboxylic acids is 1. The highest BCUT2D eigenvalue weighted by Crippen LogP contribution is 2.19. The predicted octanol–water partition coefficient (Wildman–Crippen LogP) is 2.88. The fourth-order valence-electron chi connectivity index (χ4n) is 1.90. The Morgan fingerprint density at radius 2 is 2.09 bits per heavy atom. The fraction of sp³-hybridized carbons (Fsp3) is 0.312. The summed E-state index contributed by atoms with van der Waals surface area (Å²) in [6.45, 7) is 4.60. The van der Waals surface area contributed by atoms with Gasteiger partial charge in [0.1, 0.15) is 17.8 Å². The van der Waals surface area contributed by atoms with Gasteiger partial charge in [0.15, 0.2) is 0 Å². The SMILES string of the molecule is CC(C)Oc1ccccc1CNC(=O)c1coc(CN)c1.Cl. The number of nitrogens with two attached hydrogens (primary N) is 1. The zero-order valence-corrected chi connectivity index (χ0v) is 13.5. The number of ether oxygens (including phenoxy) is 1. The van der Waals surface area contributed by atoms with E-state index in [9.17, 15) is 4.79 Å². The Balaban J connectivity index is 0.00000242. The van der Waals surface area contributed by atoms with Crippen molar-refractivity contribution < 1.29 is 13.9 Å². The summed E-state index contributed by atoms with van der Waals surface area (Å²) in [5, 5.41) is 2.85. The second-order valence-corrected chi connectivity index (χ2v) is 4.96. The summed E-state index contributed by atoms with van der Waals surface area (Å²) in [6, 6.07) is 9.29. The maximum atomic E-state index is 12.0. The lowest BCUT2D eigenvalue weighted by atomic mass is 10.2. The molecule has 0 radical (unpaired) electrons. The lowest BCUT2D eigenvalue weighted by molar-refractivity contribution is 0.0950. The summed E-state index contributed by atoms with van der Waals surface area (Å²) in [5.41, 5.74) is 6.86. The molecule has 5 nitrogen and oxygen atoms in total. The van der Waals surface area contributed by atoms with Gasteiger partial charge in [-0.15, -0.1) is 12.4 Å². The lowest BCUT2D eigenvalue weighted by Crippen LogP contribution is -2.23. The van der Waals surface area contributed by atoms with Crippen molar-refractivity contribution in [2.45, 2.75) is 33.0 Å². The average Bonchev–Trinajstić information content (AvgIpc) is 2.94. The molecular formula is C16H21ClN2O3. The number of hydrogen-bond donors (Lipinski definition) is 2. The van der Waals surface area contributed by atoms with Crippen LogP contribution in [0, 0.1) is 0 Å². The molecule has 0 aliphatic heterocycles. The third-order valence-electron chi connectivity index (χ3n) is 2.89. The molecule has 120 valence electrons. The molecule has 3 N–H and O–H groups in total. The summed E-state index contributed by atoms with van der Waals surface area (Å²) in [7, 11) is 0. The molecule has 0 spiro atoms. The van der Waals surface area contributed by atoms with E-state index in [2.05, 4.69) is 5.32 Å². The first kappa shape index (κ1) is 18.1. The van der Waals surface area contributed by atoms with E-state index >= 15 is 0 Å². The molecule has 0 saturated carbocycles. The molecule has 0 atom stereocenters. The van der Waals surface area contributed by atoms with Gasteiger partial charge in [0.05, 0.1) is 18.2 Å². The predicted molar refractivity (Wildman–Crippen MR) is 87.2 cm³/mol. The Hall–Kier alpha value is -1.98. The van der Waals surface area contributed by atoms with E-state index < -0.39 is 0 Å². The Bertz CT molecular complexity index is 611. The molecule has 1 heterocycles. The molecule has 0 bridgehead atoms. The topological polar surface area (TPSA) is 77.5 Å². The van der Waals surface area contributed by atoms with Crippen molar-refractivity contribution >= 4 is 18.3 Å². The molecular weight excluding hydrogens is 304 g/mol. The summed E-state index contributed by atoms with van der Waals surface area (Å²) >= 11 is 0. The Morgan fingerprint density at radius 3 is 2.73 bits per heavy atom. The maximum Gasteiger partial charge on any atom is 0.254 e. The van der Waals surface area contributed by atoms with Crippen LogP contribution in [-0.4, -0.2) is 12.0 Å². The normalized spacial score (nSPS) is 10.2. The molecule has 0 saturated heterocycles. The highest BCUT2D eigenvalue weighted by molar-refractivity contribution is 5.93. The summed E-state index contributed by atoms with van der Waals surface area (Å²) < 4.78 is 10.9. The van der Waals surface area contributed by atoms with Crippen LogP contribution in [-0.2, 0) is 13.1 Å². The van der Waals surface area contributed by atoms with Crippen LogP contribution < -0.4 is 15.8 Å². The first-order chi connectivity index (χ1) is 10.1. The third-order valence-corrected chi connectivity index (χ3v) is 2.89. The Labute approximate surface area is 136 Å². The van der Waals surface area contributed by atoms with Crippen LogP contribution in [0.15, 0.2) is 41.0 Å². The zero-order chi connectivity index (χ0) is 15.2. The number of rotatable bonds is 6. The largest absolute Gasteiger partial charge is 0.491 e.